The van der Waals surface area contributed by atoms with Gasteiger partial charge in [0.05, 0.1) is 11.8 Å². The first-order valence-electron chi connectivity index (χ1n) is 6.55. The highest BCUT2D eigenvalue weighted by molar-refractivity contribution is 5.91. The van der Waals surface area contributed by atoms with Crippen molar-refractivity contribution in [1.82, 2.24) is 10.6 Å². The lowest BCUT2D eigenvalue weighted by molar-refractivity contribution is -0.147. The van der Waals surface area contributed by atoms with Gasteiger partial charge in [-0.3, -0.25) is 14.4 Å². The fourth-order valence-corrected chi connectivity index (χ4v) is 2.57. The molecule has 6 heteroatoms. The van der Waals surface area contributed by atoms with Crippen LogP contribution in [0.4, 0.5) is 0 Å². The molecule has 1 aliphatic carbocycles. The minimum atomic E-state index is -0.961. The highest BCUT2D eigenvalue weighted by atomic mass is 16.4. The number of hydrogen-bond acceptors (Lipinski definition) is 3. The number of amides is 2. The predicted molar refractivity (Wildman–Crippen MR) is 67.2 cm³/mol. The first-order chi connectivity index (χ1) is 9.09. The summed E-state index contributed by atoms with van der Waals surface area (Å²) < 4.78 is 0. The predicted octanol–water partition coefficient (Wildman–Crippen LogP) is 0.0482. The van der Waals surface area contributed by atoms with Crippen LogP contribution in [-0.4, -0.2) is 35.5 Å². The Morgan fingerprint density at radius 2 is 1.95 bits per heavy atom. The second-order valence-electron chi connectivity index (χ2n) is 4.99. The van der Waals surface area contributed by atoms with Crippen molar-refractivity contribution in [3.8, 4) is 0 Å². The number of allylic oxidation sites excluding steroid dienone is 2. The maximum absolute atomic E-state index is 12.1. The van der Waals surface area contributed by atoms with Gasteiger partial charge >= 0.3 is 5.97 Å². The summed E-state index contributed by atoms with van der Waals surface area (Å²) in [5, 5.41) is 14.5. The lowest BCUT2D eigenvalue weighted by Crippen LogP contribution is -2.52. The van der Waals surface area contributed by atoms with Gasteiger partial charge in [-0.15, -0.1) is 0 Å². The summed E-state index contributed by atoms with van der Waals surface area (Å²) in [6, 6.07) is -0.526. The fraction of sp³-hybridized carbons (Fsp3) is 0.615. The van der Waals surface area contributed by atoms with Crippen LogP contribution in [0.3, 0.4) is 0 Å². The average Bonchev–Trinajstić information content (AvgIpc) is 2.41. The Hall–Kier alpha value is -1.85. The van der Waals surface area contributed by atoms with Gasteiger partial charge in [0.1, 0.15) is 6.04 Å². The summed E-state index contributed by atoms with van der Waals surface area (Å²) in [6.07, 6.45) is 5.82. The van der Waals surface area contributed by atoms with E-state index in [1.54, 1.807) is 6.08 Å². The summed E-state index contributed by atoms with van der Waals surface area (Å²) >= 11 is 0. The van der Waals surface area contributed by atoms with Gasteiger partial charge in [-0.1, -0.05) is 12.2 Å². The molecule has 0 spiro atoms. The first kappa shape index (κ1) is 13.6. The van der Waals surface area contributed by atoms with Crippen LogP contribution in [0.15, 0.2) is 12.2 Å². The van der Waals surface area contributed by atoms with Crippen LogP contribution in [0.2, 0.25) is 0 Å². The number of piperidine rings is 1. The zero-order chi connectivity index (χ0) is 13.8. The van der Waals surface area contributed by atoms with E-state index in [4.69, 9.17) is 5.11 Å². The molecular weight excluding hydrogens is 248 g/mol. The molecule has 2 amide bonds. The van der Waals surface area contributed by atoms with E-state index >= 15 is 0 Å². The van der Waals surface area contributed by atoms with Crippen LogP contribution >= 0.6 is 0 Å². The number of carbonyl (C=O) groups is 3. The highest BCUT2D eigenvalue weighted by Crippen LogP contribution is 2.26. The van der Waals surface area contributed by atoms with Crippen molar-refractivity contribution in [2.75, 3.05) is 6.54 Å². The zero-order valence-electron chi connectivity index (χ0n) is 10.6. The quantitative estimate of drug-likeness (QED) is 0.629. The summed E-state index contributed by atoms with van der Waals surface area (Å²) in [7, 11) is 0. The lowest BCUT2D eigenvalue weighted by Gasteiger charge is -2.28. The zero-order valence-corrected chi connectivity index (χ0v) is 10.6. The Labute approximate surface area is 111 Å². The Kier molecular flexibility index (Phi) is 4.19. The lowest BCUT2D eigenvalue weighted by atomic mass is 9.82. The van der Waals surface area contributed by atoms with Gasteiger partial charge in [-0.2, -0.15) is 0 Å². The standard InChI is InChI=1S/C13H18N2O4/c16-11(15-10-6-3-7-14-12(10)17)8-4-1-2-5-9(8)13(18)19/h1-2,8-10H,3-7H2,(H,14,17)(H,15,16)(H,18,19)/t8-,9+,10?/m1/s1. The van der Waals surface area contributed by atoms with Crippen LogP contribution in [0.5, 0.6) is 0 Å². The molecule has 0 radical (unpaired) electrons. The molecule has 1 heterocycles. The molecule has 1 aliphatic heterocycles. The Morgan fingerprint density at radius 3 is 2.58 bits per heavy atom. The van der Waals surface area contributed by atoms with Crippen LogP contribution < -0.4 is 10.6 Å². The van der Waals surface area contributed by atoms with Crippen LogP contribution in [0.25, 0.3) is 0 Å². The fourth-order valence-electron chi connectivity index (χ4n) is 2.57. The summed E-state index contributed by atoms with van der Waals surface area (Å²) in [5.74, 6) is -2.76. The molecule has 19 heavy (non-hydrogen) atoms. The monoisotopic (exact) mass is 266 g/mol. The molecule has 0 aromatic carbocycles. The Balaban J connectivity index is 1.99. The molecule has 1 fully saturated rings. The van der Waals surface area contributed by atoms with Crippen molar-refractivity contribution in [1.29, 1.82) is 0 Å². The third-order valence-corrected chi connectivity index (χ3v) is 3.69. The summed E-state index contributed by atoms with van der Waals surface area (Å²) in [4.78, 5) is 34.8. The van der Waals surface area contributed by atoms with Crippen LogP contribution in [0.1, 0.15) is 25.7 Å². The molecule has 3 N–H and O–H groups in total. The molecule has 1 unspecified atom stereocenters. The number of hydrogen-bond donors (Lipinski definition) is 3. The van der Waals surface area contributed by atoms with E-state index in [1.807, 2.05) is 6.08 Å². The second-order valence-corrected chi connectivity index (χ2v) is 4.99. The maximum atomic E-state index is 12.1. The van der Waals surface area contributed by atoms with E-state index in [0.29, 0.717) is 25.8 Å². The Morgan fingerprint density at radius 1 is 1.26 bits per heavy atom. The molecule has 3 atom stereocenters. The third-order valence-electron chi connectivity index (χ3n) is 3.69. The molecule has 1 saturated heterocycles. The number of rotatable bonds is 3. The van der Waals surface area contributed by atoms with Crippen molar-refractivity contribution >= 4 is 17.8 Å². The number of carboxylic acid groups (broad SMARTS) is 1. The molecule has 0 aromatic heterocycles. The molecule has 2 aliphatic rings. The van der Waals surface area contributed by atoms with Gasteiger partial charge in [0, 0.05) is 6.54 Å². The van der Waals surface area contributed by atoms with Crippen molar-refractivity contribution in [2.45, 2.75) is 31.7 Å². The molecule has 0 bridgehead atoms. The third kappa shape index (κ3) is 3.13. The molecule has 6 nitrogen and oxygen atoms in total. The van der Waals surface area contributed by atoms with Gasteiger partial charge in [0.25, 0.3) is 0 Å². The van der Waals surface area contributed by atoms with Gasteiger partial charge in [-0.25, -0.2) is 0 Å². The molecule has 0 aromatic rings. The smallest absolute Gasteiger partial charge is 0.307 e. The summed E-state index contributed by atoms with van der Waals surface area (Å²) in [6.45, 7) is 0.634. The van der Waals surface area contributed by atoms with E-state index in [2.05, 4.69) is 10.6 Å². The molecule has 104 valence electrons. The van der Waals surface area contributed by atoms with E-state index in [1.165, 1.54) is 0 Å². The molecular formula is C13H18N2O4. The van der Waals surface area contributed by atoms with E-state index in [-0.39, 0.29) is 11.8 Å². The minimum Gasteiger partial charge on any atom is -0.481 e. The maximum Gasteiger partial charge on any atom is 0.307 e. The minimum absolute atomic E-state index is 0.183. The van der Waals surface area contributed by atoms with Gasteiger partial charge < -0.3 is 15.7 Å². The Bertz CT molecular complexity index is 419. The number of carbonyl (C=O) groups excluding carboxylic acids is 2. The van der Waals surface area contributed by atoms with Gasteiger partial charge in [0.2, 0.25) is 11.8 Å². The SMILES string of the molecule is O=C1NCCCC1NC(=O)[C@@H]1CC=CC[C@@H]1C(=O)O. The van der Waals surface area contributed by atoms with Crippen molar-refractivity contribution in [3.05, 3.63) is 12.2 Å². The van der Waals surface area contributed by atoms with E-state index in [0.717, 1.165) is 6.42 Å². The van der Waals surface area contributed by atoms with Crippen molar-refractivity contribution < 1.29 is 19.5 Å². The van der Waals surface area contributed by atoms with Crippen LogP contribution in [0, 0.1) is 11.8 Å². The highest BCUT2D eigenvalue weighted by Gasteiger charge is 2.35. The van der Waals surface area contributed by atoms with E-state index in [9.17, 15) is 14.4 Å². The number of nitrogens with one attached hydrogen (secondary N) is 2. The second kappa shape index (κ2) is 5.86. The van der Waals surface area contributed by atoms with Gasteiger partial charge in [0.15, 0.2) is 0 Å². The van der Waals surface area contributed by atoms with Crippen molar-refractivity contribution in [3.63, 3.8) is 0 Å². The van der Waals surface area contributed by atoms with Gasteiger partial charge in [-0.05, 0) is 25.7 Å². The largest absolute Gasteiger partial charge is 0.481 e. The molecule has 0 saturated carbocycles. The molecule has 2 rings (SSSR count). The number of carboxylic acids is 1. The first-order valence-corrected chi connectivity index (χ1v) is 6.55. The average molecular weight is 266 g/mol. The topological polar surface area (TPSA) is 95.5 Å². The van der Waals surface area contributed by atoms with Crippen LogP contribution in [-0.2, 0) is 14.4 Å². The summed E-state index contributed by atoms with van der Waals surface area (Å²) in [5.41, 5.74) is 0. The normalized spacial score (nSPS) is 30.5. The number of aliphatic carboxylic acids is 1. The van der Waals surface area contributed by atoms with E-state index < -0.39 is 23.8 Å². The van der Waals surface area contributed by atoms with Crippen molar-refractivity contribution in [2.24, 2.45) is 11.8 Å².